The molecule has 0 saturated carbocycles. The lowest BCUT2D eigenvalue weighted by Crippen LogP contribution is -2.04. The number of nitrogens with two attached hydrogens (primary N) is 1. The summed E-state index contributed by atoms with van der Waals surface area (Å²) in [6.45, 7) is 1.93. The van der Waals surface area contributed by atoms with E-state index in [2.05, 4.69) is 4.98 Å². The van der Waals surface area contributed by atoms with Gasteiger partial charge in [-0.1, -0.05) is 24.3 Å². The molecule has 2 aromatic rings. The Morgan fingerprint density at radius 3 is 2.38 bits per heavy atom. The topological polar surface area (TPSA) is 38.9 Å². The lowest BCUT2D eigenvalue weighted by molar-refractivity contribution is 0.622. The summed E-state index contributed by atoms with van der Waals surface area (Å²) in [6, 6.07) is 9.23. The standard InChI is InChI=1S/C13H13FN2/c1-9(15)10-2-4-11(5-3-10)12-6-13(14)8-16-7-12/h2-9H,15H2,1H3. The monoisotopic (exact) mass is 216 g/mol. The molecule has 1 unspecified atom stereocenters. The SMILES string of the molecule is CC(N)c1ccc(-c2cncc(F)c2)cc1. The number of rotatable bonds is 2. The summed E-state index contributed by atoms with van der Waals surface area (Å²) in [6.07, 6.45) is 2.84. The van der Waals surface area contributed by atoms with Crippen molar-refractivity contribution >= 4 is 0 Å². The molecule has 0 aliphatic carbocycles. The maximum absolute atomic E-state index is 13.0. The molecule has 1 heterocycles. The van der Waals surface area contributed by atoms with Gasteiger partial charge in [-0.3, -0.25) is 4.98 Å². The second kappa shape index (κ2) is 4.41. The molecule has 0 spiro atoms. The van der Waals surface area contributed by atoms with Gasteiger partial charge in [-0.25, -0.2) is 4.39 Å². The Bertz CT molecular complexity index is 478. The van der Waals surface area contributed by atoms with Crippen LogP contribution in [-0.2, 0) is 0 Å². The lowest BCUT2D eigenvalue weighted by Gasteiger charge is -2.06. The van der Waals surface area contributed by atoms with E-state index in [9.17, 15) is 4.39 Å². The van der Waals surface area contributed by atoms with Gasteiger partial charge >= 0.3 is 0 Å². The van der Waals surface area contributed by atoms with Crippen LogP contribution in [0.25, 0.3) is 11.1 Å². The Morgan fingerprint density at radius 1 is 1.12 bits per heavy atom. The molecular formula is C13H13FN2. The summed E-state index contributed by atoms with van der Waals surface area (Å²) in [5, 5.41) is 0. The summed E-state index contributed by atoms with van der Waals surface area (Å²) >= 11 is 0. The van der Waals surface area contributed by atoms with Gasteiger partial charge < -0.3 is 5.73 Å². The summed E-state index contributed by atoms with van der Waals surface area (Å²) < 4.78 is 13.0. The van der Waals surface area contributed by atoms with Crippen molar-refractivity contribution in [3.63, 3.8) is 0 Å². The van der Waals surface area contributed by atoms with Gasteiger partial charge in [-0.2, -0.15) is 0 Å². The van der Waals surface area contributed by atoms with Gasteiger partial charge in [0.15, 0.2) is 0 Å². The van der Waals surface area contributed by atoms with Gasteiger partial charge in [0.05, 0.1) is 6.20 Å². The van der Waals surface area contributed by atoms with Gasteiger partial charge in [-0.15, -0.1) is 0 Å². The zero-order valence-corrected chi connectivity index (χ0v) is 9.02. The Hall–Kier alpha value is -1.74. The molecule has 0 saturated heterocycles. The Morgan fingerprint density at radius 2 is 1.81 bits per heavy atom. The van der Waals surface area contributed by atoms with Crippen LogP contribution in [0.1, 0.15) is 18.5 Å². The summed E-state index contributed by atoms with van der Waals surface area (Å²) in [4.78, 5) is 3.82. The van der Waals surface area contributed by atoms with Crippen LogP contribution < -0.4 is 5.73 Å². The van der Waals surface area contributed by atoms with Gasteiger partial charge in [0.1, 0.15) is 5.82 Å². The van der Waals surface area contributed by atoms with Crippen molar-refractivity contribution in [1.29, 1.82) is 0 Å². The molecule has 0 aliphatic heterocycles. The van der Waals surface area contributed by atoms with Crippen molar-refractivity contribution in [2.45, 2.75) is 13.0 Å². The number of hydrogen-bond donors (Lipinski definition) is 1. The van der Waals surface area contributed by atoms with Crippen molar-refractivity contribution in [2.24, 2.45) is 5.73 Å². The van der Waals surface area contributed by atoms with Crippen LogP contribution >= 0.6 is 0 Å². The molecule has 2 rings (SSSR count). The maximum atomic E-state index is 13.0. The first-order valence-corrected chi connectivity index (χ1v) is 5.13. The highest BCUT2D eigenvalue weighted by Crippen LogP contribution is 2.21. The number of pyridine rings is 1. The van der Waals surface area contributed by atoms with Crippen LogP contribution in [0.3, 0.4) is 0 Å². The molecule has 0 radical (unpaired) electrons. The van der Waals surface area contributed by atoms with Crippen molar-refractivity contribution in [3.8, 4) is 11.1 Å². The van der Waals surface area contributed by atoms with Crippen LogP contribution in [0, 0.1) is 5.82 Å². The average molecular weight is 216 g/mol. The molecule has 2 nitrogen and oxygen atoms in total. The minimum Gasteiger partial charge on any atom is -0.324 e. The highest BCUT2D eigenvalue weighted by atomic mass is 19.1. The molecule has 1 aromatic heterocycles. The minimum atomic E-state index is -0.325. The maximum Gasteiger partial charge on any atom is 0.142 e. The van der Waals surface area contributed by atoms with Gasteiger partial charge in [0.25, 0.3) is 0 Å². The third-order valence-electron chi connectivity index (χ3n) is 2.47. The zero-order chi connectivity index (χ0) is 11.5. The van der Waals surface area contributed by atoms with E-state index in [4.69, 9.17) is 5.73 Å². The van der Waals surface area contributed by atoms with Crippen molar-refractivity contribution in [3.05, 3.63) is 54.1 Å². The Kier molecular flexibility index (Phi) is 2.97. The quantitative estimate of drug-likeness (QED) is 0.838. The summed E-state index contributed by atoms with van der Waals surface area (Å²) in [5.41, 5.74) is 8.53. The van der Waals surface area contributed by atoms with E-state index < -0.39 is 0 Å². The van der Waals surface area contributed by atoms with Crippen LogP contribution in [0.15, 0.2) is 42.7 Å². The zero-order valence-electron chi connectivity index (χ0n) is 9.02. The van der Waals surface area contributed by atoms with Crippen LogP contribution in [0.2, 0.25) is 0 Å². The van der Waals surface area contributed by atoms with Gasteiger partial charge in [0.2, 0.25) is 0 Å². The molecular weight excluding hydrogens is 203 g/mol. The Balaban J connectivity index is 2.35. The van der Waals surface area contributed by atoms with Crippen LogP contribution in [0.5, 0.6) is 0 Å². The number of hydrogen-bond acceptors (Lipinski definition) is 2. The molecule has 3 heteroatoms. The predicted octanol–water partition coefficient (Wildman–Crippen LogP) is 2.91. The molecule has 2 N–H and O–H groups in total. The fourth-order valence-electron chi connectivity index (χ4n) is 1.55. The van der Waals surface area contributed by atoms with Crippen molar-refractivity contribution in [1.82, 2.24) is 4.98 Å². The summed E-state index contributed by atoms with van der Waals surface area (Å²) in [5.74, 6) is -0.325. The number of aromatic nitrogens is 1. The van der Waals surface area contributed by atoms with Crippen molar-refractivity contribution in [2.75, 3.05) is 0 Å². The molecule has 82 valence electrons. The first kappa shape index (κ1) is 10.8. The molecule has 1 atom stereocenters. The smallest absolute Gasteiger partial charge is 0.142 e. The van der Waals surface area contributed by atoms with E-state index in [-0.39, 0.29) is 11.9 Å². The van der Waals surface area contributed by atoms with Gasteiger partial charge in [0, 0.05) is 17.8 Å². The van der Waals surface area contributed by atoms with E-state index in [1.807, 2.05) is 31.2 Å². The largest absolute Gasteiger partial charge is 0.324 e. The van der Waals surface area contributed by atoms with E-state index >= 15 is 0 Å². The fraction of sp³-hybridized carbons (Fsp3) is 0.154. The lowest BCUT2D eigenvalue weighted by atomic mass is 10.0. The van der Waals surface area contributed by atoms with Crippen LogP contribution in [0.4, 0.5) is 4.39 Å². The Labute approximate surface area is 93.9 Å². The van der Waals surface area contributed by atoms with Crippen LogP contribution in [-0.4, -0.2) is 4.98 Å². The first-order chi connectivity index (χ1) is 7.66. The predicted molar refractivity (Wildman–Crippen MR) is 62.2 cm³/mol. The van der Waals surface area contributed by atoms with E-state index in [0.29, 0.717) is 0 Å². The second-order valence-electron chi connectivity index (χ2n) is 3.80. The summed E-state index contributed by atoms with van der Waals surface area (Å²) in [7, 11) is 0. The number of halogens is 1. The molecule has 1 aromatic carbocycles. The second-order valence-corrected chi connectivity index (χ2v) is 3.80. The fourth-order valence-corrected chi connectivity index (χ4v) is 1.55. The minimum absolute atomic E-state index is 0.0136. The highest BCUT2D eigenvalue weighted by Gasteiger charge is 2.02. The number of benzene rings is 1. The molecule has 0 amide bonds. The normalized spacial score (nSPS) is 12.4. The molecule has 0 aliphatic rings. The van der Waals surface area contributed by atoms with E-state index in [0.717, 1.165) is 16.7 Å². The highest BCUT2D eigenvalue weighted by molar-refractivity contribution is 5.62. The molecule has 16 heavy (non-hydrogen) atoms. The van der Waals surface area contributed by atoms with E-state index in [1.54, 1.807) is 6.20 Å². The van der Waals surface area contributed by atoms with Gasteiger partial charge in [-0.05, 0) is 24.1 Å². The van der Waals surface area contributed by atoms with Crippen molar-refractivity contribution < 1.29 is 4.39 Å². The molecule has 0 bridgehead atoms. The number of nitrogens with zero attached hydrogens (tertiary/aromatic N) is 1. The molecule has 0 fully saturated rings. The van der Waals surface area contributed by atoms with E-state index in [1.165, 1.54) is 12.3 Å². The average Bonchev–Trinajstić information content (AvgIpc) is 2.29. The third kappa shape index (κ3) is 2.25. The first-order valence-electron chi connectivity index (χ1n) is 5.13. The third-order valence-corrected chi connectivity index (χ3v) is 2.47.